The molecular weight excluding hydrogens is 1510 g/mol. The van der Waals surface area contributed by atoms with Crippen LogP contribution in [0.15, 0.2) is 50.3 Å². The third-order valence-electron chi connectivity index (χ3n) is 8.90. The van der Waals surface area contributed by atoms with Gasteiger partial charge in [-0.15, -0.1) is 34.1 Å². The number of nitrogens with zero attached hydrogens (tertiary/aromatic N) is 15. The lowest BCUT2D eigenvalue weighted by Gasteiger charge is -2.11. The third-order valence-corrected chi connectivity index (χ3v) is 9.19. The summed E-state index contributed by atoms with van der Waals surface area (Å²) in [7, 11) is 14.6. The molecule has 49 heteroatoms. The Kier molecular flexibility index (Phi) is 58.9. The second-order valence-electron chi connectivity index (χ2n) is 14.7. The standard InChI is InChI=1S/C10H15N5O5.C10H14N4O4S.C8H9N5O4.C7H9N5O2.C6H9N3O2.C4H5NO2S.C2H6O.CO2.3CH4.HI.H2S/c1-4-20-10(16)14-8(15-17)12-7-6(18-2)5-11-9(13-7)19-3;1-4-18-10(15)14-9(19)13-7-6(16-2)5-11-8(12-7)17-3;1-15-4-3-9-7(16-2)11-5(4)10-6-12-8(14)17-13-6;1-13-4-3-9-7(14-2)12-5(4)10-6(8)11-12;1-10-4-3-8-6(11-2)9-5(4)7;1-2-7-4(6)5-3-8;1-2-3;2-1-3;;;;;/h5,17H,4H2,1-3H3,(H2,11,12,13,14,15,16);5H,4H2,1-3H3,(H2,11,12,13,14,15,19);3H,1-2H3,(H2,9,10,11,12,13,14);3H,1-2H3,(H2,8,11);3H,1-2H3,(H2,7,8,9);2H2,1H3;3H,2H2,1H3;;3*1H4;1H;1H2. The molecule has 0 aliphatic carbocycles. The number of nitrogens with two attached hydrogens (primary N) is 2. The van der Waals surface area contributed by atoms with Gasteiger partial charge in [0.15, 0.2) is 51.3 Å². The number of alkyl carbamates (subject to hydrolysis) is 2. The summed E-state index contributed by atoms with van der Waals surface area (Å²) in [6.45, 7) is 7.69. The lowest BCUT2D eigenvalue weighted by atomic mass is 10.5. The first-order valence-corrected chi connectivity index (χ1v) is 26.5. The Morgan fingerprint density at radius 1 is 0.640 bits per heavy atom. The van der Waals surface area contributed by atoms with Gasteiger partial charge < -0.3 is 88.8 Å². The van der Waals surface area contributed by atoms with Crippen molar-refractivity contribution < 1.29 is 100 Å². The maximum Gasteiger partial charge on any atom is 0.442 e. The van der Waals surface area contributed by atoms with E-state index in [9.17, 15) is 19.2 Å². The van der Waals surface area contributed by atoms with Gasteiger partial charge in [-0.1, -0.05) is 22.3 Å². The van der Waals surface area contributed by atoms with Crippen molar-refractivity contribution in [2.45, 2.75) is 50.0 Å². The number of aliphatic hydroxyl groups excluding tert-OH is 1. The summed E-state index contributed by atoms with van der Waals surface area (Å²) < 4.78 is 68.7. The summed E-state index contributed by atoms with van der Waals surface area (Å²) in [5, 5.41) is 35.6. The van der Waals surface area contributed by atoms with Gasteiger partial charge in [0.2, 0.25) is 29.3 Å². The normalized spacial score (nSPS) is 8.94. The number of aromatic amines is 1. The number of nitrogens with one attached hydrogen (secondary N) is 6. The van der Waals surface area contributed by atoms with Gasteiger partial charge in [-0.25, -0.2) is 24.7 Å². The van der Waals surface area contributed by atoms with Crippen LogP contribution >= 0.6 is 61.9 Å². The molecule has 558 valence electrons. The number of aliphatic hydroxyl groups is 1. The number of carbonyl (C=O) groups is 3. The molecule has 0 unspecified atom stereocenters. The summed E-state index contributed by atoms with van der Waals surface area (Å²) in [6.07, 6.45) is 5.27. The lowest BCUT2D eigenvalue weighted by Crippen LogP contribution is -2.39. The zero-order valence-electron chi connectivity index (χ0n) is 53.9. The Hall–Kier alpha value is -11.2. The number of methoxy groups -OCH3 is 10. The van der Waals surface area contributed by atoms with Crippen molar-refractivity contribution in [3.8, 4) is 58.8 Å². The quantitative estimate of drug-likeness (QED) is 0.0153. The molecule has 3 amide bonds. The summed E-state index contributed by atoms with van der Waals surface area (Å²) in [6, 6.07) is 0.896. The van der Waals surface area contributed by atoms with Gasteiger partial charge >= 0.3 is 60.2 Å². The molecule has 12 N–H and O–H groups in total. The molecule has 0 spiro atoms. The number of hydrogen-bond donors (Lipinski definition) is 10. The molecule has 0 saturated carbocycles. The van der Waals surface area contributed by atoms with Gasteiger partial charge in [-0.05, 0) is 57.3 Å². The minimum absolute atomic E-state index is 0. The largest absolute Gasteiger partial charge is 0.491 e. The number of fused-ring (bicyclic) bond motifs is 1. The molecule has 0 radical (unpaired) electrons. The number of hydroxylamine groups is 1. The van der Waals surface area contributed by atoms with E-state index < -0.39 is 24.0 Å². The van der Waals surface area contributed by atoms with E-state index in [1.165, 1.54) is 107 Å². The van der Waals surface area contributed by atoms with Crippen molar-refractivity contribution in [1.29, 1.82) is 0 Å². The monoisotopic (exact) mass is 1590 g/mol. The van der Waals surface area contributed by atoms with Gasteiger partial charge in [-0.2, -0.15) is 82.4 Å². The van der Waals surface area contributed by atoms with Crippen LogP contribution < -0.4 is 91.3 Å². The number of thiocarbonyl (C=S) groups is 2. The summed E-state index contributed by atoms with van der Waals surface area (Å²) in [5.74, 6) is 2.08. The van der Waals surface area contributed by atoms with Crippen molar-refractivity contribution in [2.24, 2.45) is 9.98 Å². The molecule has 45 nitrogen and oxygen atoms in total. The maximum absolute atomic E-state index is 11.2. The van der Waals surface area contributed by atoms with Gasteiger partial charge in [0, 0.05) is 6.61 Å². The number of aromatic nitrogens is 14. The van der Waals surface area contributed by atoms with E-state index in [-0.39, 0.29) is 156 Å². The van der Waals surface area contributed by atoms with Crippen LogP contribution in [-0.4, -0.2) is 218 Å². The van der Waals surface area contributed by atoms with Gasteiger partial charge in [0.25, 0.3) is 0 Å². The summed E-state index contributed by atoms with van der Waals surface area (Å²) in [5.41, 5.74) is 13.1. The van der Waals surface area contributed by atoms with Gasteiger partial charge in [-0.3, -0.25) is 25.3 Å². The number of anilines is 5. The van der Waals surface area contributed by atoms with Crippen LogP contribution in [0.5, 0.6) is 58.8 Å². The Morgan fingerprint density at radius 3 is 1.51 bits per heavy atom. The highest BCUT2D eigenvalue weighted by molar-refractivity contribution is 14.0. The van der Waals surface area contributed by atoms with E-state index in [1.54, 1.807) is 33.2 Å². The molecule has 0 fully saturated rings. The topological polar surface area (TPSA) is 588 Å². The minimum Gasteiger partial charge on any atom is -0.491 e. The second-order valence-corrected chi connectivity index (χ2v) is 15.3. The van der Waals surface area contributed by atoms with Crippen LogP contribution in [0.4, 0.5) is 49.6 Å². The van der Waals surface area contributed by atoms with Crippen LogP contribution in [0.25, 0.3) is 5.65 Å². The van der Waals surface area contributed by atoms with Crippen LogP contribution in [0.3, 0.4) is 0 Å². The van der Waals surface area contributed by atoms with E-state index in [1.807, 2.05) is 5.16 Å². The number of ether oxygens (including phenoxy) is 13. The number of aliphatic imine (C=N–C) groups is 2. The molecule has 7 heterocycles. The van der Waals surface area contributed by atoms with E-state index in [4.69, 9.17) is 91.0 Å². The number of halogens is 1. The molecule has 100 heavy (non-hydrogen) atoms. The van der Waals surface area contributed by atoms with Crippen LogP contribution in [0.1, 0.15) is 50.0 Å². The number of rotatable bonds is 17. The molecule has 7 aromatic heterocycles. The fourth-order valence-electron chi connectivity index (χ4n) is 5.24. The zero-order chi connectivity index (χ0) is 71.7. The van der Waals surface area contributed by atoms with Crippen molar-refractivity contribution in [1.82, 2.24) is 85.7 Å². The highest BCUT2D eigenvalue weighted by Gasteiger charge is 2.16. The Bertz CT molecular complexity index is 3610. The molecule has 0 bridgehead atoms. The van der Waals surface area contributed by atoms with E-state index >= 15 is 0 Å². The van der Waals surface area contributed by atoms with Crippen molar-refractivity contribution >= 4 is 143 Å². The van der Waals surface area contributed by atoms with E-state index in [0.717, 1.165) is 0 Å². The smallest absolute Gasteiger partial charge is 0.442 e. The highest BCUT2D eigenvalue weighted by atomic mass is 127. The number of carbonyl (C=O) groups excluding carboxylic acids is 5. The number of guanidine groups is 1. The lowest BCUT2D eigenvalue weighted by molar-refractivity contribution is -0.191. The fraction of sp³-hybridized carbons (Fsp3) is 0.412. The van der Waals surface area contributed by atoms with E-state index in [0.29, 0.717) is 47.1 Å². The SMILES string of the molecule is C.C.C.CCO.CCOC(=O)N=C=S.CCOC(=O)NC(=Nc1nc(OC)ncc1OC)NO.CCOC(=O)NC(=S)Nc1nc(OC)ncc1OC.COc1cnc(OC)n2nc(N)nc12.COc1ncc(OC)c(N)n1.COc1ncc(OC)c(Nc2noc(=O)[nH]2)n1.I.O=C=O.S. The molecule has 0 atom stereocenters. The zero-order valence-corrected chi connectivity index (χ0v) is 58.8. The molecular formula is C51H82IN23O22S3. The van der Waals surface area contributed by atoms with Crippen LogP contribution in [0, 0.1) is 0 Å². The first kappa shape index (κ1) is 99.8. The summed E-state index contributed by atoms with van der Waals surface area (Å²) >= 11 is 9.06. The number of hydrogen-bond acceptors (Lipinski definition) is 40. The first-order chi connectivity index (χ1) is 45.6. The predicted molar refractivity (Wildman–Crippen MR) is 378 cm³/mol. The van der Waals surface area contributed by atoms with Gasteiger partial charge in [0.1, 0.15) is 0 Å². The Morgan fingerprint density at radius 2 is 1.08 bits per heavy atom. The molecule has 0 aliphatic rings. The molecule has 0 aliphatic heterocycles. The summed E-state index contributed by atoms with van der Waals surface area (Å²) in [4.78, 5) is 108. The average Bonchev–Trinajstić information content (AvgIpc) is 1.64. The van der Waals surface area contributed by atoms with Crippen molar-refractivity contribution in [3.63, 3.8) is 0 Å². The molecule has 7 rings (SSSR count). The van der Waals surface area contributed by atoms with Crippen LogP contribution in [-0.2, 0) is 23.8 Å². The second kappa shape index (κ2) is 59.1. The fourth-order valence-corrected chi connectivity index (χ4v) is 5.50. The predicted octanol–water partition coefficient (Wildman–Crippen LogP) is 4.16. The van der Waals surface area contributed by atoms with Crippen molar-refractivity contribution in [2.75, 3.05) is 120 Å². The van der Waals surface area contributed by atoms with Crippen LogP contribution in [0.2, 0.25) is 0 Å². The highest BCUT2D eigenvalue weighted by Crippen LogP contribution is 2.27. The Balaban J connectivity index is -0.000000262. The third kappa shape index (κ3) is 38.5. The number of H-pyrrole nitrogens is 1. The molecule has 7 aromatic rings. The number of nitrogen functional groups attached to an aromatic ring is 2. The maximum atomic E-state index is 11.2. The van der Waals surface area contributed by atoms with Gasteiger partial charge in [0.05, 0.1) is 127 Å². The van der Waals surface area contributed by atoms with Crippen molar-refractivity contribution in [3.05, 3.63) is 41.5 Å². The Labute approximate surface area is 606 Å². The number of isothiocyanates is 1. The molecule has 0 aromatic carbocycles. The minimum atomic E-state index is -0.784. The average molecular weight is 1590 g/mol. The first-order valence-electron chi connectivity index (χ1n) is 25.6. The van der Waals surface area contributed by atoms with E-state index in [2.05, 4.69) is 127 Å². The molecule has 0 saturated heterocycles. The number of amides is 3.